The molecule has 1 spiro atoms. The van der Waals surface area contributed by atoms with Crippen LogP contribution >= 0.6 is 24.6 Å². The summed E-state index contributed by atoms with van der Waals surface area (Å²) in [7, 11) is 0. The van der Waals surface area contributed by atoms with Gasteiger partial charge in [-0.25, -0.2) is 4.31 Å². The van der Waals surface area contributed by atoms with Crippen LogP contribution in [0.25, 0.3) is 0 Å². The summed E-state index contributed by atoms with van der Waals surface area (Å²) in [5, 5.41) is 0. The third-order valence-corrected chi connectivity index (χ3v) is 6.89. The SMILES string of the molecule is CC.Cc1ccc(S)cc1.Cc1ccc(SN2CCC3(CCC3)CC2)cc1.O.O.O.O. The second kappa shape index (κ2) is 17.5. The molecule has 2 aliphatic rings. The van der Waals surface area contributed by atoms with Crippen molar-refractivity contribution in [2.75, 3.05) is 13.1 Å². The minimum Gasteiger partial charge on any atom is -0.412 e. The van der Waals surface area contributed by atoms with E-state index in [9.17, 15) is 0 Å². The average Bonchev–Trinajstić information content (AvgIpc) is 2.68. The van der Waals surface area contributed by atoms with E-state index in [2.05, 4.69) is 55.0 Å². The van der Waals surface area contributed by atoms with Crippen molar-refractivity contribution in [3.05, 3.63) is 59.7 Å². The summed E-state index contributed by atoms with van der Waals surface area (Å²) < 4.78 is 2.55. The quantitative estimate of drug-likeness (QED) is 0.515. The molecule has 0 bridgehead atoms. The first-order valence-electron chi connectivity index (χ1n) is 10.3. The minimum absolute atomic E-state index is 0. The molecular weight excluding hydrogens is 430 g/mol. The molecular formula is C24H43NO4S2. The van der Waals surface area contributed by atoms with Gasteiger partial charge in [0.25, 0.3) is 0 Å². The van der Waals surface area contributed by atoms with Crippen LogP contribution in [0.4, 0.5) is 0 Å². The fourth-order valence-corrected chi connectivity index (χ4v) is 4.59. The minimum atomic E-state index is 0. The molecule has 1 aliphatic heterocycles. The van der Waals surface area contributed by atoms with Crippen LogP contribution in [0.2, 0.25) is 0 Å². The van der Waals surface area contributed by atoms with Gasteiger partial charge in [0, 0.05) is 22.9 Å². The van der Waals surface area contributed by atoms with Crippen LogP contribution in [-0.4, -0.2) is 39.3 Å². The van der Waals surface area contributed by atoms with Crippen LogP contribution in [0.3, 0.4) is 0 Å². The Balaban J connectivity index is -0.000000487. The summed E-state index contributed by atoms with van der Waals surface area (Å²) in [5.41, 5.74) is 3.40. The molecule has 1 saturated carbocycles. The Hall–Kier alpha value is -1.06. The summed E-state index contributed by atoms with van der Waals surface area (Å²) in [4.78, 5) is 2.41. The highest BCUT2D eigenvalue weighted by Crippen LogP contribution is 2.49. The second-order valence-electron chi connectivity index (χ2n) is 7.52. The Labute approximate surface area is 198 Å². The van der Waals surface area contributed by atoms with Gasteiger partial charge in [0.15, 0.2) is 0 Å². The molecule has 5 nitrogen and oxygen atoms in total. The Morgan fingerprint density at radius 2 is 1.13 bits per heavy atom. The van der Waals surface area contributed by atoms with Crippen molar-refractivity contribution in [2.45, 2.75) is 69.6 Å². The van der Waals surface area contributed by atoms with Gasteiger partial charge in [-0.15, -0.1) is 12.6 Å². The number of thiol groups is 1. The van der Waals surface area contributed by atoms with Gasteiger partial charge in [0.2, 0.25) is 0 Å². The number of hydrogen-bond acceptors (Lipinski definition) is 3. The number of rotatable bonds is 2. The predicted molar refractivity (Wildman–Crippen MR) is 138 cm³/mol. The zero-order valence-electron chi connectivity index (χ0n) is 19.4. The van der Waals surface area contributed by atoms with Gasteiger partial charge in [-0.1, -0.05) is 55.7 Å². The van der Waals surface area contributed by atoms with Crippen molar-refractivity contribution < 1.29 is 21.9 Å². The molecule has 2 aromatic rings. The van der Waals surface area contributed by atoms with Crippen LogP contribution < -0.4 is 0 Å². The van der Waals surface area contributed by atoms with Crippen LogP contribution in [0.1, 0.15) is 57.1 Å². The monoisotopic (exact) mass is 473 g/mol. The third-order valence-electron chi connectivity index (χ3n) is 5.49. The van der Waals surface area contributed by atoms with Gasteiger partial charge in [-0.2, -0.15) is 0 Å². The first-order chi connectivity index (χ1) is 13.0. The lowest BCUT2D eigenvalue weighted by Crippen LogP contribution is -2.40. The first-order valence-corrected chi connectivity index (χ1v) is 11.5. The van der Waals surface area contributed by atoms with Crippen molar-refractivity contribution >= 4 is 24.6 Å². The van der Waals surface area contributed by atoms with E-state index in [1.54, 1.807) is 0 Å². The number of aryl methyl sites for hydroxylation is 2. The van der Waals surface area contributed by atoms with Crippen molar-refractivity contribution in [2.24, 2.45) is 5.41 Å². The molecule has 1 aliphatic carbocycles. The Bertz CT molecular complexity index is 646. The molecule has 2 fully saturated rings. The molecule has 0 unspecified atom stereocenters. The van der Waals surface area contributed by atoms with Crippen LogP contribution in [0.15, 0.2) is 58.3 Å². The first kappa shape index (κ1) is 34.6. The van der Waals surface area contributed by atoms with E-state index < -0.39 is 0 Å². The Kier molecular flexibility index (Phi) is 19.5. The Morgan fingerprint density at radius 1 is 0.710 bits per heavy atom. The van der Waals surface area contributed by atoms with E-state index in [4.69, 9.17) is 0 Å². The highest BCUT2D eigenvalue weighted by Gasteiger charge is 2.39. The normalized spacial score (nSPS) is 15.5. The average molecular weight is 474 g/mol. The number of hydrogen-bond donors (Lipinski definition) is 1. The summed E-state index contributed by atoms with van der Waals surface area (Å²) in [6.45, 7) is 10.8. The molecule has 2 aromatic carbocycles. The van der Waals surface area contributed by atoms with Gasteiger partial charge in [0.1, 0.15) is 0 Å². The van der Waals surface area contributed by atoms with Crippen molar-refractivity contribution in [3.8, 4) is 0 Å². The summed E-state index contributed by atoms with van der Waals surface area (Å²) in [5.74, 6) is 0. The molecule has 0 atom stereocenters. The highest BCUT2D eigenvalue weighted by atomic mass is 32.2. The summed E-state index contributed by atoms with van der Waals surface area (Å²) in [6.07, 6.45) is 7.31. The molecule has 0 amide bonds. The topological polar surface area (TPSA) is 129 Å². The third kappa shape index (κ3) is 11.4. The maximum absolute atomic E-state index is 4.13. The van der Waals surface area contributed by atoms with Crippen LogP contribution in [0, 0.1) is 19.3 Å². The van der Waals surface area contributed by atoms with Gasteiger partial charge in [0.05, 0.1) is 0 Å². The lowest BCUT2D eigenvalue weighted by molar-refractivity contribution is 0.0639. The Morgan fingerprint density at radius 3 is 1.48 bits per heavy atom. The molecule has 31 heavy (non-hydrogen) atoms. The summed E-state index contributed by atoms with van der Waals surface area (Å²) >= 11 is 6.07. The maximum atomic E-state index is 4.13. The molecule has 1 saturated heterocycles. The van der Waals surface area contributed by atoms with E-state index >= 15 is 0 Å². The second-order valence-corrected chi connectivity index (χ2v) is 9.21. The fraction of sp³-hybridized carbons (Fsp3) is 0.500. The molecule has 0 radical (unpaired) electrons. The molecule has 4 rings (SSSR count). The zero-order chi connectivity index (χ0) is 19.7. The summed E-state index contributed by atoms with van der Waals surface area (Å²) in [6, 6.07) is 17.0. The van der Waals surface area contributed by atoms with E-state index in [-0.39, 0.29) is 21.9 Å². The van der Waals surface area contributed by atoms with Crippen molar-refractivity contribution in [1.82, 2.24) is 4.31 Å². The van der Waals surface area contributed by atoms with Gasteiger partial charge in [-0.3, -0.25) is 0 Å². The van der Waals surface area contributed by atoms with E-state index in [1.165, 1.54) is 61.2 Å². The zero-order valence-corrected chi connectivity index (χ0v) is 21.1. The molecule has 180 valence electrons. The van der Waals surface area contributed by atoms with E-state index in [0.29, 0.717) is 0 Å². The fourth-order valence-electron chi connectivity index (χ4n) is 3.52. The van der Waals surface area contributed by atoms with Gasteiger partial charge < -0.3 is 21.9 Å². The van der Waals surface area contributed by atoms with Crippen molar-refractivity contribution in [1.29, 1.82) is 0 Å². The molecule has 0 aromatic heterocycles. The van der Waals surface area contributed by atoms with E-state index in [1.807, 2.05) is 50.1 Å². The molecule has 8 N–H and O–H groups in total. The van der Waals surface area contributed by atoms with Crippen LogP contribution in [-0.2, 0) is 0 Å². The highest BCUT2D eigenvalue weighted by molar-refractivity contribution is 7.97. The van der Waals surface area contributed by atoms with Crippen LogP contribution in [0.5, 0.6) is 0 Å². The lowest BCUT2D eigenvalue weighted by Gasteiger charge is -2.47. The number of benzene rings is 2. The molecule has 1 heterocycles. The maximum Gasteiger partial charge on any atom is 0.0230 e. The van der Waals surface area contributed by atoms with Gasteiger partial charge in [-0.05, 0) is 81.2 Å². The lowest BCUT2D eigenvalue weighted by atomic mass is 9.63. The number of piperidine rings is 1. The van der Waals surface area contributed by atoms with Gasteiger partial charge >= 0.3 is 0 Å². The molecule has 7 heteroatoms. The van der Waals surface area contributed by atoms with Crippen molar-refractivity contribution in [3.63, 3.8) is 0 Å². The number of nitrogens with zero attached hydrogens (tertiary/aromatic N) is 1. The standard InChI is InChI=1S/C15H21NS.C7H8S.C2H6.4H2O/c1-13-3-5-14(6-4-13)17-16-11-9-15(10-12-16)7-2-8-15;1-6-2-4-7(8)5-3-6;1-2;;;;/h3-6H,2,7-12H2,1H3;2-5,8H,1H3;1-2H3;4*1H2. The largest absolute Gasteiger partial charge is 0.412 e. The van der Waals surface area contributed by atoms with E-state index in [0.717, 1.165) is 10.3 Å². The smallest absolute Gasteiger partial charge is 0.0230 e. The predicted octanol–water partition coefficient (Wildman–Crippen LogP) is 4.28.